The fraction of sp³-hybridized carbons (Fsp3) is 0.261. The Kier molecular flexibility index (Phi) is 5.91. The Balaban J connectivity index is 1.98. The number of fused-ring (bicyclic) bond motifs is 2. The number of allylic oxidation sites excluding steroid dienone is 9. The van der Waals surface area contributed by atoms with E-state index in [0.717, 1.165) is 0 Å². The molecule has 0 nitrogen and oxygen atoms in total. The summed E-state index contributed by atoms with van der Waals surface area (Å²) in [5.74, 6) is 0.877. The Bertz CT molecular complexity index is 1000. The van der Waals surface area contributed by atoms with Gasteiger partial charge in [-0.25, -0.2) is 0 Å². The minimum atomic E-state index is -2.08. The third kappa shape index (κ3) is 3.39. The molecule has 0 aromatic heterocycles. The first-order valence-electron chi connectivity index (χ1n) is 9.39. The van der Waals surface area contributed by atoms with Gasteiger partial charge in [-0.3, -0.25) is 0 Å². The van der Waals surface area contributed by atoms with E-state index in [9.17, 15) is 0 Å². The van der Waals surface area contributed by atoms with Gasteiger partial charge in [0.2, 0.25) is 0 Å². The Hall–Kier alpha value is -0.163. The van der Waals surface area contributed by atoms with Crippen LogP contribution in [0.4, 0.5) is 0 Å². The fourth-order valence-electron chi connectivity index (χ4n) is 4.75. The maximum atomic E-state index is 4.02. The zero-order valence-corrected chi connectivity index (χ0v) is 23.9. The third-order valence-corrected chi connectivity index (χ3v) is 17.9. The maximum absolute atomic E-state index is 4.02. The van der Waals surface area contributed by atoms with Gasteiger partial charge in [-0.05, 0) is 0 Å². The Labute approximate surface area is 183 Å². The van der Waals surface area contributed by atoms with E-state index in [4.69, 9.17) is 0 Å². The Morgan fingerprint density at radius 2 is 1.78 bits per heavy atom. The molecule has 0 radical (unpaired) electrons. The second-order valence-corrected chi connectivity index (χ2v) is 35.6. The molecule has 1 aromatic carbocycles. The molecule has 4 rings (SSSR count). The first kappa shape index (κ1) is 20.1. The molecule has 0 saturated carbocycles. The van der Waals surface area contributed by atoms with Crippen LogP contribution in [0.5, 0.6) is 0 Å². The van der Waals surface area contributed by atoms with E-state index in [1.807, 2.05) is 0 Å². The second kappa shape index (κ2) is 7.93. The van der Waals surface area contributed by atoms with E-state index >= 15 is 0 Å². The van der Waals surface area contributed by atoms with Gasteiger partial charge in [0.15, 0.2) is 0 Å². The second-order valence-electron chi connectivity index (χ2n) is 7.67. The van der Waals surface area contributed by atoms with Crippen LogP contribution in [-0.4, -0.2) is 13.6 Å². The fourth-order valence-corrected chi connectivity index (χ4v) is 17.6. The van der Waals surface area contributed by atoms with Crippen molar-refractivity contribution in [2.45, 2.75) is 32.9 Å². The van der Waals surface area contributed by atoms with Gasteiger partial charge in [0.05, 0.1) is 0 Å². The number of halogens is 2. The van der Waals surface area contributed by atoms with Gasteiger partial charge in [-0.1, -0.05) is 0 Å². The van der Waals surface area contributed by atoms with Crippen LogP contribution >= 0.6 is 24.6 Å². The van der Waals surface area contributed by atoms with E-state index in [-0.39, 0.29) is 0 Å². The van der Waals surface area contributed by atoms with Gasteiger partial charge in [0.25, 0.3) is 0 Å². The molecule has 3 aliphatic rings. The third-order valence-electron chi connectivity index (χ3n) is 5.94. The summed E-state index contributed by atoms with van der Waals surface area (Å²) in [6, 6.07) is 8.88. The van der Waals surface area contributed by atoms with Crippen LogP contribution in [0.3, 0.4) is 0 Å². The van der Waals surface area contributed by atoms with Crippen LogP contribution in [0.15, 0.2) is 74.2 Å². The van der Waals surface area contributed by atoms with Crippen molar-refractivity contribution in [2.75, 3.05) is 0 Å². The summed E-state index contributed by atoms with van der Waals surface area (Å²) in [6.07, 6.45) is 11.8. The van der Waals surface area contributed by atoms with Crippen molar-refractivity contribution in [3.8, 4) is 0 Å². The molecule has 4 heteroatoms. The van der Waals surface area contributed by atoms with E-state index in [0.29, 0.717) is 11.8 Å². The van der Waals surface area contributed by atoms with Crippen molar-refractivity contribution in [1.82, 2.24) is 0 Å². The molecule has 2 unspecified atom stereocenters. The number of hydrogen-bond donors (Lipinski definition) is 0. The molecule has 1 aromatic rings. The normalized spacial score (nSPS) is 23.5. The molecule has 0 bridgehead atoms. The Morgan fingerprint density at radius 1 is 1.04 bits per heavy atom. The molecule has 0 fully saturated rings. The molecule has 0 heterocycles. The van der Waals surface area contributed by atoms with Crippen molar-refractivity contribution < 1.29 is 16.8 Å². The number of benzene rings is 1. The van der Waals surface area contributed by atoms with Crippen molar-refractivity contribution >= 4 is 44.2 Å². The molecule has 2 atom stereocenters. The molecule has 0 aliphatic heterocycles. The molecular formula is C23H23Br2HfSi. The van der Waals surface area contributed by atoms with E-state index in [1.165, 1.54) is 22.3 Å². The Morgan fingerprint density at radius 3 is 2.48 bits per heavy atom. The average molecular weight is 666 g/mol. The summed E-state index contributed by atoms with van der Waals surface area (Å²) in [6.45, 7) is 9.63. The molecule has 3 aliphatic carbocycles. The predicted octanol–water partition coefficient (Wildman–Crippen LogP) is 7.26. The van der Waals surface area contributed by atoms with Gasteiger partial charge >= 0.3 is 185 Å². The van der Waals surface area contributed by atoms with Gasteiger partial charge in [0.1, 0.15) is 0 Å². The summed E-state index contributed by atoms with van der Waals surface area (Å²) >= 11 is 5.96. The minimum absolute atomic E-state index is 0.383. The number of hydrogen-bond acceptors (Lipinski definition) is 0. The molecule has 0 amide bonds. The first-order valence-corrected chi connectivity index (χ1v) is 29.4. The SMILES string of the molecule is CC1=[C]([Hf]([Br])[Br])C2=CC=CC(=[Si](C)C)C(C)C2=C1C1C=Cc2ccccc21. The summed E-state index contributed by atoms with van der Waals surface area (Å²) in [7, 11) is -0.485. The van der Waals surface area contributed by atoms with E-state index in [2.05, 4.69) is 106 Å². The predicted molar refractivity (Wildman–Crippen MR) is 125 cm³/mol. The monoisotopic (exact) mass is 665 g/mol. The quantitative estimate of drug-likeness (QED) is 0.292. The molecule has 0 spiro atoms. The van der Waals surface area contributed by atoms with Crippen molar-refractivity contribution in [1.29, 1.82) is 0 Å². The van der Waals surface area contributed by atoms with Gasteiger partial charge in [-0.15, -0.1) is 0 Å². The summed E-state index contributed by atoms with van der Waals surface area (Å²) < 4.78 is 1.60. The standard InChI is InChI=1S/C23H23Si.2BrH.Hf/c1-15-14-18-9-7-11-21(24(3)4)16(2)23(18)22(15)20-13-12-17-8-5-6-10-19(17)20;;;/h5-13,16,20H,1-4H3;2*1H;/q;;;+2/p-2. The van der Waals surface area contributed by atoms with Crippen LogP contribution in [0, 0.1) is 5.92 Å². The van der Waals surface area contributed by atoms with Gasteiger partial charge < -0.3 is 0 Å². The van der Waals surface area contributed by atoms with Crippen LogP contribution in [0.1, 0.15) is 30.9 Å². The van der Waals surface area contributed by atoms with Gasteiger partial charge in [-0.2, -0.15) is 0 Å². The molecule has 27 heavy (non-hydrogen) atoms. The number of rotatable bonds is 2. The molecule has 0 saturated heterocycles. The van der Waals surface area contributed by atoms with E-state index in [1.54, 1.807) is 19.6 Å². The molecular weight excluding hydrogens is 643 g/mol. The van der Waals surface area contributed by atoms with Crippen molar-refractivity contribution in [2.24, 2.45) is 5.92 Å². The summed E-state index contributed by atoms with van der Waals surface area (Å²) in [5.41, 5.74) is 9.00. The first-order chi connectivity index (χ1) is 12.9. The topological polar surface area (TPSA) is 0 Å². The van der Waals surface area contributed by atoms with Gasteiger partial charge in [0, 0.05) is 0 Å². The average Bonchev–Trinajstić information content (AvgIpc) is 3.11. The van der Waals surface area contributed by atoms with Crippen molar-refractivity contribution in [3.63, 3.8) is 0 Å². The summed E-state index contributed by atoms with van der Waals surface area (Å²) in [5, 5.41) is 1.64. The molecule has 137 valence electrons. The molecule has 0 N–H and O–H groups in total. The zero-order chi connectivity index (χ0) is 19.3. The summed E-state index contributed by atoms with van der Waals surface area (Å²) in [4.78, 5) is 0. The zero-order valence-electron chi connectivity index (χ0n) is 16.1. The van der Waals surface area contributed by atoms with E-state index < -0.39 is 25.2 Å². The van der Waals surface area contributed by atoms with Crippen LogP contribution in [-0.2, 0) is 16.8 Å². The van der Waals surface area contributed by atoms with Crippen LogP contribution in [0.25, 0.3) is 6.08 Å². The van der Waals surface area contributed by atoms with Crippen molar-refractivity contribution in [3.05, 3.63) is 85.3 Å². The van der Waals surface area contributed by atoms with Crippen LogP contribution < -0.4 is 0 Å². The van der Waals surface area contributed by atoms with Crippen LogP contribution in [0.2, 0.25) is 13.1 Å².